The van der Waals surface area contributed by atoms with E-state index < -0.39 is 12.0 Å². The Kier molecular flexibility index (Phi) is 4.65. The summed E-state index contributed by atoms with van der Waals surface area (Å²) in [5.41, 5.74) is 10.3. The van der Waals surface area contributed by atoms with Crippen LogP contribution in [0.25, 0.3) is 0 Å². The van der Waals surface area contributed by atoms with Crippen LogP contribution in [0.1, 0.15) is 36.0 Å². The molecule has 0 bridgehead atoms. The zero-order valence-electron chi connectivity index (χ0n) is 12.4. The lowest BCUT2D eigenvalue weighted by Crippen LogP contribution is -2.33. The van der Waals surface area contributed by atoms with Crippen LogP contribution in [-0.2, 0) is 11.2 Å². The van der Waals surface area contributed by atoms with Gasteiger partial charge in [-0.25, -0.2) is 0 Å². The topological polar surface area (TPSA) is 66.6 Å². The van der Waals surface area contributed by atoms with Crippen molar-refractivity contribution in [2.45, 2.75) is 45.6 Å². The molecule has 2 rings (SSSR count). The van der Waals surface area contributed by atoms with Gasteiger partial charge in [0.1, 0.15) is 6.04 Å². The first-order valence-corrected chi connectivity index (χ1v) is 7.32. The highest BCUT2D eigenvalue weighted by molar-refractivity contribution is 5.73. The number of piperidine rings is 1. The molecule has 110 valence electrons. The third-order valence-corrected chi connectivity index (χ3v) is 4.11. The highest BCUT2D eigenvalue weighted by Crippen LogP contribution is 2.27. The van der Waals surface area contributed by atoms with Gasteiger partial charge in [0, 0.05) is 18.8 Å². The van der Waals surface area contributed by atoms with E-state index in [1.54, 1.807) is 0 Å². The number of anilines is 1. The van der Waals surface area contributed by atoms with E-state index >= 15 is 0 Å². The summed E-state index contributed by atoms with van der Waals surface area (Å²) in [6.07, 6.45) is 4.22. The van der Waals surface area contributed by atoms with Gasteiger partial charge in [-0.2, -0.15) is 0 Å². The molecule has 3 N–H and O–H groups in total. The standard InChI is InChI=1S/C16H24N2O2/c1-11-9-15(18-6-4-3-5-7-18)12(2)8-13(11)10-14(17)16(19)20/h8-9,14H,3-7,10,17H2,1-2H3,(H,19,20). The van der Waals surface area contributed by atoms with E-state index in [0.29, 0.717) is 6.42 Å². The van der Waals surface area contributed by atoms with Crippen molar-refractivity contribution < 1.29 is 9.90 Å². The first-order valence-electron chi connectivity index (χ1n) is 7.32. The SMILES string of the molecule is Cc1cc(N2CCCCC2)c(C)cc1CC(N)C(=O)O. The number of carboxylic acid groups (broad SMARTS) is 1. The van der Waals surface area contributed by atoms with Crippen LogP contribution in [0, 0.1) is 13.8 Å². The van der Waals surface area contributed by atoms with Crippen LogP contribution in [0.3, 0.4) is 0 Å². The molecular weight excluding hydrogens is 252 g/mol. The van der Waals surface area contributed by atoms with Crippen molar-refractivity contribution in [3.05, 3.63) is 28.8 Å². The van der Waals surface area contributed by atoms with Crippen LogP contribution in [-0.4, -0.2) is 30.2 Å². The molecule has 0 spiro atoms. The summed E-state index contributed by atoms with van der Waals surface area (Å²) in [5, 5.41) is 8.93. The van der Waals surface area contributed by atoms with Gasteiger partial charge in [-0.1, -0.05) is 6.07 Å². The highest BCUT2D eigenvalue weighted by atomic mass is 16.4. The van der Waals surface area contributed by atoms with Gasteiger partial charge in [0.15, 0.2) is 0 Å². The number of carbonyl (C=O) groups is 1. The largest absolute Gasteiger partial charge is 0.480 e. The fourth-order valence-electron chi connectivity index (χ4n) is 2.88. The number of rotatable bonds is 4. The Bertz CT molecular complexity index is 493. The minimum absolute atomic E-state index is 0.391. The molecule has 0 radical (unpaired) electrons. The summed E-state index contributed by atoms with van der Waals surface area (Å²) in [4.78, 5) is 13.3. The number of benzene rings is 1. The number of hydrogen-bond donors (Lipinski definition) is 2. The molecule has 1 heterocycles. The molecule has 1 aromatic carbocycles. The summed E-state index contributed by atoms with van der Waals surface area (Å²) >= 11 is 0. The van der Waals surface area contributed by atoms with E-state index in [1.165, 1.54) is 30.5 Å². The maximum absolute atomic E-state index is 10.9. The van der Waals surface area contributed by atoms with Gasteiger partial charge < -0.3 is 15.7 Å². The van der Waals surface area contributed by atoms with Gasteiger partial charge in [-0.3, -0.25) is 4.79 Å². The van der Waals surface area contributed by atoms with Crippen LogP contribution in [0.4, 0.5) is 5.69 Å². The van der Waals surface area contributed by atoms with Crippen molar-refractivity contribution >= 4 is 11.7 Å². The van der Waals surface area contributed by atoms with Gasteiger partial charge in [0.05, 0.1) is 0 Å². The van der Waals surface area contributed by atoms with Crippen LogP contribution < -0.4 is 10.6 Å². The summed E-state index contributed by atoms with van der Waals surface area (Å²) in [6, 6.07) is 3.46. The second kappa shape index (κ2) is 6.27. The number of aryl methyl sites for hydroxylation is 2. The molecule has 0 aromatic heterocycles. The summed E-state index contributed by atoms with van der Waals surface area (Å²) in [6.45, 7) is 6.37. The minimum Gasteiger partial charge on any atom is -0.480 e. The molecule has 0 aliphatic carbocycles. The number of carboxylic acids is 1. The molecule has 1 unspecified atom stereocenters. The second-order valence-corrected chi connectivity index (χ2v) is 5.76. The molecule has 4 heteroatoms. The van der Waals surface area contributed by atoms with Gasteiger partial charge >= 0.3 is 5.97 Å². The predicted octanol–water partition coefficient (Wildman–Crippen LogP) is 2.25. The van der Waals surface area contributed by atoms with E-state index in [4.69, 9.17) is 10.8 Å². The zero-order valence-corrected chi connectivity index (χ0v) is 12.4. The molecule has 1 fully saturated rings. The van der Waals surface area contributed by atoms with Crippen LogP contribution in [0.5, 0.6) is 0 Å². The summed E-state index contributed by atoms with van der Waals surface area (Å²) in [7, 11) is 0. The molecule has 0 amide bonds. The fraction of sp³-hybridized carbons (Fsp3) is 0.562. The first kappa shape index (κ1) is 14.9. The Morgan fingerprint density at radius 2 is 1.90 bits per heavy atom. The van der Waals surface area contributed by atoms with E-state index in [2.05, 4.69) is 24.0 Å². The van der Waals surface area contributed by atoms with E-state index in [0.717, 1.165) is 24.2 Å². The van der Waals surface area contributed by atoms with Crippen LogP contribution in [0.2, 0.25) is 0 Å². The Labute approximate surface area is 120 Å². The Balaban J connectivity index is 2.21. The molecule has 1 aromatic rings. The Morgan fingerprint density at radius 1 is 1.25 bits per heavy atom. The lowest BCUT2D eigenvalue weighted by molar-refractivity contribution is -0.138. The third-order valence-electron chi connectivity index (χ3n) is 4.11. The van der Waals surface area contributed by atoms with Crippen molar-refractivity contribution in [3.63, 3.8) is 0 Å². The zero-order chi connectivity index (χ0) is 14.7. The van der Waals surface area contributed by atoms with E-state index in [1.807, 2.05) is 6.92 Å². The number of nitrogens with zero attached hydrogens (tertiary/aromatic N) is 1. The molecule has 1 aliphatic rings. The van der Waals surface area contributed by atoms with Crippen LogP contribution in [0.15, 0.2) is 12.1 Å². The molecule has 1 saturated heterocycles. The Morgan fingerprint density at radius 3 is 2.50 bits per heavy atom. The molecule has 20 heavy (non-hydrogen) atoms. The average Bonchev–Trinajstić information content (AvgIpc) is 2.43. The smallest absolute Gasteiger partial charge is 0.320 e. The lowest BCUT2D eigenvalue weighted by atomic mass is 9.97. The molecule has 0 saturated carbocycles. The van der Waals surface area contributed by atoms with Gasteiger partial charge in [0.25, 0.3) is 0 Å². The summed E-state index contributed by atoms with van der Waals surface area (Å²) in [5.74, 6) is -0.942. The average molecular weight is 276 g/mol. The highest BCUT2D eigenvalue weighted by Gasteiger charge is 2.17. The molecular formula is C16H24N2O2. The van der Waals surface area contributed by atoms with E-state index in [-0.39, 0.29) is 0 Å². The molecule has 4 nitrogen and oxygen atoms in total. The van der Waals surface area contributed by atoms with Gasteiger partial charge in [0.2, 0.25) is 0 Å². The Hall–Kier alpha value is -1.55. The number of hydrogen-bond acceptors (Lipinski definition) is 3. The molecule has 1 aliphatic heterocycles. The first-order chi connectivity index (χ1) is 9.49. The summed E-state index contributed by atoms with van der Waals surface area (Å²) < 4.78 is 0. The maximum atomic E-state index is 10.9. The van der Waals surface area contributed by atoms with Crippen molar-refractivity contribution in [1.29, 1.82) is 0 Å². The predicted molar refractivity (Wildman–Crippen MR) is 81.3 cm³/mol. The minimum atomic E-state index is -0.942. The van der Waals surface area contributed by atoms with Crippen molar-refractivity contribution in [2.75, 3.05) is 18.0 Å². The maximum Gasteiger partial charge on any atom is 0.320 e. The monoisotopic (exact) mass is 276 g/mol. The quantitative estimate of drug-likeness (QED) is 0.885. The number of nitrogens with two attached hydrogens (primary N) is 1. The van der Waals surface area contributed by atoms with Crippen molar-refractivity contribution in [3.8, 4) is 0 Å². The third kappa shape index (κ3) is 3.31. The normalized spacial score (nSPS) is 17.1. The number of aliphatic carboxylic acids is 1. The van der Waals surface area contributed by atoms with E-state index in [9.17, 15) is 4.79 Å². The lowest BCUT2D eigenvalue weighted by Gasteiger charge is -2.31. The van der Waals surface area contributed by atoms with Crippen LogP contribution >= 0.6 is 0 Å². The molecule has 1 atom stereocenters. The fourth-order valence-corrected chi connectivity index (χ4v) is 2.88. The second-order valence-electron chi connectivity index (χ2n) is 5.76. The van der Waals surface area contributed by atoms with Crippen molar-refractivity contribution in [2.24, 2.45) is 5.73 Å². The van der Waals surface area contributed by atoms with Crippen molar-refractivity contribution in [1.82, 2.24) is 0 Å². The van der Waals surface area contributed by atoms with Gasteiger partial charge in [-0.15, -0.1) is 0 Å². The van der Waals surface area contributed by atoms with Gasteiger partial charge in [-0.05, 0) is 62.3 Å².